The van der Waals surface area contributed by atoms with E-state index in [-0.39, 0.29) is 18.4 Å². The molecule has 1 unspecified atom stereocenters. The number of anilines is 1. The van der Waals surface area contributed by atoms with Gasteiger partial charge in [0.25, 0.3) is 5.91 Å². The number of aliphatic hydroxyl groups is 1. The topological polar surface area (TPSA) is 65.5 Å². The highest BCUT2D eigenvalue weighted by Gasteiger charge is 2.24. The van der Waals surface area contributed by atoms with Crippen LogP contribution in [0.25, 0.3) is 0 Å². The van der Waals surface area contributed by atoms with Crippen LogP contribution in [0.4, 0.5) is 5.69 Å². The molecule has 1 fully saturated rings. The van der Waals surface area contributed by atoms with Crippen LogP contribution >= 0.6 is 0 Å². The Morgan fingerprint density at radius 1 is 1.29 bits per heavy atom. The molecular formula is C19H23N3O2. The number of likely N-dealkylation sites (tertiary alicyclic amines) is 1. The van der Waals surface area contributed by atoms with E-state index in [1.54, 1.807) is 6.20 Å². The van der Waals surface area contributed by atoms with Gasteiger partial charge in [-0.2, -0.15) is 0 Å². The fraction of sp³-hybridized carbons (Fsp3) is 0.368. The third-order valence-corrected chi connectivity index (χ3v) is 4.37. The largest absolute Gasteiger partial charge is 0.396 e. The highest BCUT2D eigenvalue weighted by molar-refractivity contribution is 5.95. The molecule has 1 aliphatic rings. The van der Waals surface area contributed by atoms with E-state index in [4.69, 9.17) is 0 Å². The number of carbonyl (C=O) groups is 1. The third kappa shape index (κ3) is 4.11. The smallest absolute Gasteiger partial charge is 0.253 e. The van der Waals surface area contributed by atoms with Crippen molar-refractivity contribution >= 4 is 11.6 Å². The van der Waals surface area contributed by atoms with E-state index in [9.17, 15) is 9.90 Å². The Balaban J connectivity index is 1.65. The molecule has 1 saturated heterocycles. The fourth-order valence-electron chi connectivity index (χ4n) is 3.04. The molecule has 0 aliphatic carbocycles. The van der Waals surface area contributed by atoms with E-state index in [1.807, 2.05) is 47.4 Å². The van der Waals surface area contributed by atoms with Crippen LogP contribution in [0.1, 0.15) is 28.9 Å². The van der Waals surface area contributed by atoms with Crippen molar-refractivity contribution in [2.75, 3.05) is 25.0 Å². The molecule has 5 nitrogen and oxygen atoms in total. The number of benzene rings is 1. The molecule has 5 heteroatoms. The molecule has 2 N–H and O–H groups in total. The number of pyridine rings is 1. The molecule has 1 atom stereocenters. The number of carbonyl (C=O) groups excluding carboxylic acids is 1. The molecule has 0 radical (unpaired) electrons. The fourth-order valence-corrected chi connectivity index (χ4v) is 3.04. The summed E-state index contributed by atoms with van der Waals surface area (Å²) in [5.41, 5.74) is 2.54. The molecule has 0 spiro atoms. The molecule has 24 heavy (non-hydrogen) atoms. The summed E-state index contributed by atoms with van der Waals surface area (Å²) in [5.74, 6) is 0.239. The molecule has 126 valence electrons. The second-order valence-corrected chi connectivity index (χ2v) is 6.20. The van der Waals surface area contributed by atoms with Crippen molar-refractivity contribution in [1.29, 1.82) is 0 Å². The Morgan fingerprint density at radius 2 is 2.21 bits per heavy atom. The van der Waals surface area contributed by atoms with Crippen molar-refractivity contribution in [3.63, 3.8) is 0 Å². The van der Waals surface area contributed by atoms with Gasteiger partial charge in [0.2, 0.25) is 0 Å². The minimum absolute atomic E-state index is 0.0367. The van der Waals surface area contributed by atoms with Crippen molar-refractivity contribution in [2.24, 2.45) is 5.92 Å². The number of piperidine rings is 1. The number of nitrogens with zero attached hydrogens (tertiary/aromatic N) is 2. The minimum atomic E-state index is 0.0367. The average Bonchev–Trinajstić information content (AvgIpc) is 2.67. The molecular weight excluding hydrogens is 302 g/mol. The zero-order valence-electron chi connectivity index (χ0n) is 13.7. The maximum Gasteiger partial charge on any atom is 0.253 e. The first-order valence-corrected chi connectivity index (χ1v) is 8.40. The summed E-state index contributed by atoms with van der Waals surface area (Å²) in [5, 5.41) is 12.6. The predicted molar refractivity (Wildman–Crippen MR) is 93.7 cm³/mol. The Hall–Kier alpha value is -2.40. The quantitative estimate of drug-likeness (QED) is 0.887. The summed E-state index contributed by atoms with van der Waals surface area (Å²) in [6.45, 7) is 2.17. The monoisotopic (exact) mass is 325 g/mol. The van der Waals surface area contributed by atoms with E-state index in [0.717, 1.165) is 30.8 Å². The lowest BCUT2D eigenvalue weighted by Crippen LogP contribution is -2.40. The van der Waals surface area contributed by atoms with Crippen LogP contribution in [0.2, 0.25) is 0 Å². The number of aromatic nitrogens is 1. The number of amides is 1. The van der Waals surface area contributed by atoms with E-state index in [0.29, 0.717) is 18.7 Å². The van der Waals surface area contributed by atoms with E-state index in [2.05, 4.69) is 10.3 Å². The lowest BCUT2D eigenvalue weighted by atomic mass is 9.98. The van der Waals surface area contributed by atoms with Crippen LogP contribution < -0.4 is 5.32 Å². The molecule has 1 amide bonds. The number of hydrogen-bond donors (Lipinski definition) is 2. The third-order valence-electron chi connectivity index (χ3n) is 4.37. The lowest BCUT2D eigenvalue weighted by Gasteiger charge is -2.32. The summed E-state index contributed by atoms with van der Waals surface area (Å²) in [7, 11) is 0. The zero-order valence-corrected chi connectivity index (χ0v) is 13.7. The van der Waals surface area contributed by atoms with Gasteiger partial charge < -0.3 is 15.3 Å². The highest BCUT2D eigenvalue weighted by atomic mass is 16.3. The average molecular weight is 325 g/mol. The molecule has 1 aliphatic heterocycles. The first kappa shape index (κ1) is 16.5. The van der Waals surface area contributed by atoms with Gasteiger partial charge >= 0.3 is 0 Å². The summed E-state index contributed by atoms with van der Waals surface area (Å²) in [6.07, 6.45) is 3.71. The van der Waals surface area contributed by atoms with Crippen molar-refractivity contribution in [3.8, 4) is 0 Å². The highest BCUT2D eigenvalue weighted by Crippen LogP contribution is 2.20. The van der Waals surface area contributed by atoms with Crippen molar-refractivity contribution in [2.45, 2.75) is 19.4 Å². The zero-order chi connectivity index (χ0) is 16.8. The maximum absolute atomic E-state index is 12.7. The second kappa shape index (κ2) is 7.93. The van der Waals surface area contributed by atoms with Gasteiger partial charge in [-0.1, -0.05) is 12.1 Å². The first-order valence-electron chi connectivity index (χ1n) is 8.40. The van der Waals surface area contributed by atoms with Gasteiger partial charge in [0.15, 0.2) is 0 Å². The van der Waals surface area contributed by atoms with Crippen LogP contribution in [0.5, 0.6) is 0 Å². The van der Waals surface area contributed by atoms with Crippen molar-refractivity contribution in [3.05, 3.63) is 59.9 Å². The predicted octanol–water partition coefficient (Wildman–Crippen LogP) is 2.54. The second-order valence-electron chi connectivity index (χ2n) is 6.20. The van der Waals surface area contributed by atoms with Crippen molar-refractivity contribution in [1.82, 2.24) is 9.88 Å². The normalized spacial score (nSPS) is 17.5. The molecule has 0 saturated carbocycles. The summed E-state index contributed by atoms with van der Waals surface area (Å²) in [4.78, 5) is 18.8. The van der Waals surface area contributed by atoms with Crippen LogP contribution in [0, 0.1) is 5.92 Å². The molecule has 1 aromatic heterocycles. The van der Waals surface area contributed by atoms with Gasteiger partial charge in [-0.15, -0.1) is 0 Å². The van der Waals surface area contributed by atoms with Gasteiger partial charge in [0.1, 0.15) is 0 Å². The van der Waals surface area contributed by atoms with Gasteiger partial charge in [-0.25, -0.2) is 0 Å². The van der Waals surface area contributed by atoms with Crippen LogP contribution in [0.3, 0.4) is 0 Å². The minimum Gasteiger partial charge on any atom is -0.396 e. The maximum atomic E-state index is 12.7. The molecule has 2 heterocycles. The summed E-state index contributed by atoms with van der Waals surface area (Å²) >= 11 is 0. The van der Waals surface area contributed by atoms with Crippen LogP contribution in [0.15, 0.2) is 48.7 Å². The number of rotatable bonds is 5. The lowest BCUT2D eigenvalue weighted by molar-refractivity contribution is 0.0621. The Morgan fingerprint density at radius 3 is 3.00 bits per heavy atom. The van der Waals surface area contributed by atoms with Gasteiger partial charge in [0, 0.05) is 37.1 Å². The Labute approximate surface area is 142 Å². The summed E-state index contributed by atoms with van der Waals surface area (Å²) < 4.78 is 0. The van der Waals surface area contributed by atoms with Gasteiger partial charge in [-0.3, -0.25) is 9.78 Å². The van der Waals surface area contributed by atoms with Gasteiger partial charge in [0.05, 0.1) is 12.2 Å². The number of aliphatic hydroxyl groups excluding tert-OH is 1. The molecule has 3 rings (SSSR count). The van der Waals surface area contributed by atoms with E-state index in [1.165, 1.54) is 0 Å². The number of nitrogens with one attached hydrogen (secondary N) is 1. The van der Waals surface area contributed by atoms with Crippen molar-refractivity contribution < 1.29 is 9.90 Å². The molecule has 0 bridgehead atoms. The van der Waals surface area contributed by atoms with Crippen LogP contribution in [-0.4, -0.2) is 40.6 Å². The van der Waals surface area contributed by atoms with E-state index < -0.39 is 0 Å². The number of hydrogen-bond acceptors (Lipinski definition) is 4. The SMILES string of the molecule is O=C(c1cccc(NCc2ccccn2)c1)N1CCCC(CO)C1. The first-order chi connectivity index (χ1) is 11.8. The molecule has 1 aromatic carbocycles. The standard InChI is InChI=1S/C19H23N3O2/c23-14-15-5-4-10-22(13-15)19(24)16-6-3-8-17(11-16)21-12-18-7-1-2-9-20-18/h1-3,6-9,11,15,21,23H,4-5,10,12-14H2. The Bertz CT molecular complexity index is 675. The van der Waals surface area contributed by atoms with Gasteiger partial charge in [-0.05, 0) is 49.1 Å². The van der Waals surface area contributed by atoms with E-state index >= 15 is 0 Å². The van der Waals surface area contributed by atoms with Crippen LogP contribution in [-0.2, 0) is 6.54 Å². The molecule has 2 aromatic rings. The Kier molecular flexibility index (Phi) is 5.43. The summed E-state index contributed by atoms with van der Waals surface area (Å²) in [6, 6.07) is 13.4.